The third-order valence-corrected chi connectivity index (χ3v) is 12.2. The molecule has 6 nitrogen and oxygen atoms in total. The van der Waals surface area contributed by atoms with Crippen molar-refractivity contribution in [3.05, 3.63) is 175 Å². The van der Waals surface area contributed by atoms with Crippen LogP contribution in [-0.2, 0) is 9.31 Å². The highest BCUT2D eigenvalue weighted by molar-refractivity contribution is 6.54. The van der Waals surface area contributed by atoms with Crippen molar-refractivity contribution < 1.29 is 18.1 Å². The number of nitrogens with zero attached hydrogens (tertiary/aromatic N) is 2. The Morgan fingerprint density at radius 2 is 1.00 bits per heavy atom. The van der Waals surface area contributed by atoms with E-state index in [1.165, 1.54) is 0 Å². The fourth-order valence-electron chi connectivity index (χ4n) is 7.93. The minimum Gasteiger partial charge on any atom is -0.455 e. The molecule has 6 aromatic carbocycles. The van der Waals surface area contributed by atoms with Gasteiger partial charge in [-0.3, -0.25) is 9.97 Å². The number of allylic oxidation sites excluding steroid dienone is 2. The molecule has 0 atom stereocenters. The predicted molar refractivity (Wildman–Crippen MR) is 260 cm³/mol. The maximum Gasteiger partial charge on any atom is 0.489 e. The number of hydrogen-bond donors (Lipinski definition) is 0. The Kier molecular flexibility index (Phi) is 10.6. The quantitative estimate of drug-likeness (QED) is 0.165. The topological polar surface area (TPSA) is 70.5 Å². The van der Waals surface area contributed by atoms with Gasteiger partial charge in [0.1, 0.15) is 22.3 Å². The zero-order valence-electron chi connectivity index (χ0n) is 35.8. The maximum atomic E-state index is 6.19. The molecule has 5 heterocycles. The first kappa shape index (κ1) is 40.9. The van der Waals surface area contributed by atoms with Gasteiger partial charge in [-0.05, 0) is 112 Å². The number of aromatic nitrogens is 2. The molecule has 1 aliphatic rings. The summed E-state index contributed by atoms with van der Waals surface area (Å²) in [6.07, 6.45) is 3.68. The molecule has 0 radical (unpaired) electrons. The molecule has 0 aliphatic carbocycles. The Labute approximate surface area is 366 Å². The van der Waals surface area contributed by atoms with Crippen LogP contribution in [0.25, 0.3) is 93.5 Å². The van der Waals surface area contributed by atoms with Gasteiger partial charge in [-0.25, -0.2) is 0 Å². The van der Waals surface area contributed by atoms with Crippen molar-refractivity contribution in [3.63, 3.8) is 0 Å². The van der Waals surface area contributed by atoms with E-state index in [-0.39, 0.29) is 18.3 Å². The van der Waals surface area contributed by atoms with E-state index >= 15 is 0 Å². The summed E-state index contributed by atoms with van der Waals surface area (Å²) in [7, 11) is -0.241. The van der Waals surface area contributed by atoms with Gasteiger partial charge in [0.15, 0.2) is 0 Å². The first-order valence-electron chi connectivity index (χ1n) is 20.7. The molecular weight excluding hydrogens is 787 g/mol. The van der Waals surface area contributed by atoms with Gasteiger partial charge in [-0.1, -0.05) is 108 Å². The monoisotopic (exact) mass is 832 g/mol. The van der Waals surface area contributed by atoms with Gasteiger partial charge in [-0.2, -0.15) is 0 Å². The van der Waals surface area contributed by atoms with Crippen molar-refractivity contribution in [3.8, 4) is 22.5 Å². The second kappa shape index (κ2) is 16.1. The number of pyridine rings is 2. The number of hydrogen-bond acceptors (Lipinski definition) is 6. The Hall–Kier alpha value is -6.51. The van der Waals surface area contributed by atoms with Crippen LogP contribution in [0.15, 0.2) is 173 Å². The molecule has 62 heavy (non-hydrogen) atoms. The Morgan fingerprint density at radius 1 is 0.532 bits per heavy atom. The first-order valence-corrected chi connectivity index (χ1v) is 21.1. The minimum absolute atomic E-state index is 0.239. The summed E-state index contributed by atoms with van der Waals surface area (Å²) in [6, 6.07) is 45.0. The van der Waals surface area contributed by atoms with Crippen molar-refractivity contribution in [2.45, 2.75) is 52.7 Å². The van der Waals surface area contributed by atoms with E-state index in [9.17, 15) is 0 Å². The van der Waals surface area contributed by atoms with Crippen LogP contribution < -0.4 is 0 Å². The lowest BCUT2D eigenvalue weighted by atomic mass is 9.81. The Morgan fingerprint density at radius 3 is 1.48 bits per heavy atom. The van der Waals surface area contributed by atoms with Crippen LogP contribution in [0, 0.1) is 0 Å². The summed E-state index contributed by atoms with van der Waals surface area (Å²) in [6.45, 7) is 20.0. The molecule has 10 aromatic rings. The van der Waals surface area contributed by atoms with E-state index in [0.717, 1.165) is 110 Å². The van der Waals surface area contributed by atoms with E-state index in [2.05, 4.69) is 89.9 Å². The summed E-state index contributed by atoms with van der Waals surface area (Å²) in [5.74, 6) is 0. The predicted octanol–water partition coefficient (Wildman–Crippen LogP) is 15.5. The van der Waals surface area contributed by atoms with Crippen molar-refractivity contribution in [1.29, 1.82) is 0 Å². The van der Waals surface area contributed by atoms with E-state index in [1.54, 1.807) is 0 Å². The lowest BCUT2D eigenvalue weighted by Gasteiger charge is -2.32. The molecule has 1 saturated heterocycles. The third-order valence-electron chi connectivity index (χ3n) is 12.0. The van der Waals surface area contributed by atoms with Crippen LogP contribution >= 0.6 is 11.6 Å². The van der Waals surface area contributed by atoms with Gasteiger partial charge < -0.3 is 18.1 Å². The smallest absolute Gasteiger partial charge is 0.455 e. The molecule has 0 unspecified atom stereocenters. The van der Waals surface area contributed by atoms with Gasteiger partial charge in [0.05, 0.1) is 22.6 Å². The SMILES string of the molecule is C=C(C)B1OC(C)(C)C(C)(C)O1.C=C(C)c1ccc2c(-c3cccc4c3oc3ccccc34)nccc2c1.Clc1ccc2c(-c3cccc4c3oc3ccccc34)nccc2c1. The number of furan rings is 2. The number of benzene rings is 6. The second-order valence-electron chi connectivity index (χ2n) is 16.9. The highest BCUT2D eigenvalue weighted by Crippen LogP contribution is 2.40. The molecule has 306 valence electrons. The second-order valence-corrected chi connectivity index (χ2v) is 17.3. The lowest BCUT2D eigenvalue weighted by Crippen LogP contribution is -2.41. The largest absolute Gasteiger partial charge is 0.489 e. The van der Waals surface area contributed by atoms with Crippen LogP contribution in [0.2, 0.25) is 5.02 Å². The average Bonchev–Trinajstić information content (AvgIpc) is 3.91. The van der Waals surface area contributed by atoms with Gasteiger partial charge in [-0.15, -0.1) is 6.58 Å². The van der Waals surface area contributed by atoms with Gasteiger partial charge in [0.2, 0.25) is 0 Å². The molecule has 0 N–H and O–H groups in total. The third kappa shape index (κ3) is 7.47. The highest BCUT2D eigenvalue weighted by atomic mass is 35.5. The summed E-state index contributed by atoms with van der Waals surface area (Å²) in [5, 5.41) is 9.62. The summed E-state index contributed by atoms with van der Waals surface area (Å²) in [4.78, 5) is 9.31. The van der Waals surface area contributed by atoms with Crippen molar-refractivity contribution in [1.82, 2.24) is 9.97 Å². The number of halogens is 1. The van der Waals surface area contributed by atoms with Crippen LogP contribution in [0.3, 0.4) is 0 Å². The van der Waals surface area contributed by atoms with Gasteiger partial charge in [0.25, 0.3) is 0 Å². The minimum atomic E-state index is -0.241. The molecule has 8 heteroatoms. The molecule has 11 rings (SSSR count). The molecule has 1 fully saturated rings. The molecule has 4 aromatic heterocycles. The maximum absolute atomic E-state index is 6.19. The van der Waals surface area contributed by atoms with Crippen LogP contribution in [0.5, 0.6) is 0 Å². The van der Waals surface area contributed by atoms with Gasteiger partial charge in [0, 0.05) is 60.9 Å². The van der Waals surface area contributed by atoms with Crippen LogP contribution in [0.1, 0.15) is 47.1 Å². The van der Waals surface area contributed by atoms with E-state index in [0.29, 0.717) is 0 Å². The fraction of sp³-hybridized carbons (Fsp3) is 0.148. The number of fused-ring (bicyclic) bond motifs is 8. The van der Waals surface area contributed by atoms with Gasteiger partial charge >= 0.3 is 7.12 Å². The number of rotatable bonds is 4. The number of para-hydroxylation sites is 4. The average molecular weight is 833 g/mol. The molecule has 1 aliphatic heterocycles. The first-order chi connectivity index (χ1) is 29.8. The molecule has 0 amide bonds. The Balaban J connectivity index is 0.000000127. The van der Waals surface area contributed by atoms with E-state index in [1.807, 2.05) is 121 Å². The van der Waals surface area contributed by atoms with Crippen molar-refractivity contribution in [2.75, 3.05) is 0 Å². The zero-order valence-corrected chi connectivity index (χ0v) is 36.5. The summed E-state index contributed by atoms with van der Waals surface area (Å²) < 4.78 is 23.7. The molecule has 0 saturated carbocycles. The lowest BCUT2D eigenvalue weighted by molar-refractivity contribution is 0.00578. The fourth-order valence-corrected chi connectivity index (χ4v) is 8.11. The van der Waals surface area contributed by atoms with Crippen molar-refractivity contribution in [2.24, 2.45) is 0 Å². The van der Waals surface area contributed by atoms with E-state index < -0.39 is 0 Å². The normalized spacial score (nSPS) is 14.3. The molecule has 0 spiro atoms. The van der Waals surface area contributed by atoms with E-state index in [4.69, 9.17) is 29.7 Å². The summed E-state index contributed by atoms with van der Waals surface area (Å²) >= 11 is 6.13. The van der Waals surface area contributed by atoms with Crippen LogP contribution in [-0.4, -0.2) is 28.3 Å². The van der Waals surface area contributed by atoms with Crippen LogP contribution in [0.4, 0.5) is 0 Å². The molecule has 0 bridgehead atoms. The standard InChI is InChI=1S/C24H17NO.C21H12ClNO.C9H17BO2/c1-15(2)16-10-11-18-17(14-16)12-13-25-23(18)21-8-5-7-20-19-6-3-4-9-22(19)26-24(20)21;22-14-8-9-15-13(12-14)10-11-23-20(15)18-6-3-5-17-16-4-1-2-7-19(16)24-21(17)18;1-7(2)10-11-8(3,4)9(5,6)12-10/h3-14H,1H2,2H3;1-12H;1H2,2-6H3. The Bertz CT molecular complexity index is 3350. The molecular formula is C54H46BClN2O4. The van der Waals surface area contributed by atoms with Crippen molar-refractivity contribution >= 4 is 89.7 Å². The summed E-state index contributed by atoms with van der Waals surface area (Å²) in [5.41, 5.74) is 10.1. The zero-order chi connectivity index (χ0) is 43.3. The highest BCUT2D eigenvalue weighted by Gasteiger charge is 2.51.